The predicted octanol–water partition coefficient (Wildman–Crippen LogP) is 6.91. The molecule has 0 amide bonds. The molecule has 0 radical (unpaired) electrons. The summed E-state index contributed by atoms with van der Waals surface area (Å²) in [5.74, 6) is 0.805. The molecule has 220 valence electrons. The molecule has 7 heteroatoms. The van der Waals surface area contributed by atoms with Gasteiger partial charge in [0, 0.05) is 12.0 Å². The number of rotatable bonds is 14. The second-order valence-electron chi connectivity index (χ2n) is 10.1. The van der Waals surface area contributed by atoms with Crippen molar-refractivity contribution < 1.29 is 28.4 Å². The number of hydrogen-bond donors (Lipinski definition) is 0. The van der Waals surface area contributed by atoms with Crippen LogP contribution in [0.15, 0.2) is 120 Å². The van der Waals surface area contributed by atoms with E-state index in [0.29, 0.717) is 26.4 Å². The molecule has 42 heavy (non-hydrogen) atoms. The molecule has 1 saturated heterocycles. The lowest BCUT2D eigenvalue weighted by Gasteiger charge is -2.45. The molecule has 1 heterocycles. The van der Waals surface area contributed by atoms with Crippen LogP contribution in [0.2, 0.25) is 0 Å². The lowest BCUT2D eigenvalue weighted by molar-refractivity contribution is -0.268. The van der Waals surface area contributed by atoms with Crippen LogP contribution in [0.4, 0.5) is 0 Å². The molecular weight excluding hydrogens is 548 g/mol. The van der Waals surface area contributed by atoms with Crippen LogP contribution in [0, 0.1) is 0 Å². The van der Waals surface area contributed by atoms with E-state index in [2.05, 4.69) is 36.4 Å². The van der Waals surface area contributed by atoms with Crippen LogP contribution in [0.5, 0.6) is 5.75 Å². The summed E-state index contributed by atoms with van der Waals surface area (Å²) in [5.41, 5.74) is 3.27. The molecule has 0 N–H and O–H groups in total. The average Bonchev–Trinajstić information content (AvgIpc) is 3.05. The minimum atomic E-state index is -0.542. The second kappa shape index (κ2) is 15.9. The summed E-state index contributed by atoms with van der Waals surface area (Å²) < 4.78 is 37.5. The van der Waals surface area contributed by atoms with Gasteiger partial charge in [-0.05, 0) is 41.0 Å². The number of hydrogen-bond acceptors (Lipinski definition) is 7. The van der Waals surface area contributed by atoms with E-state index < -0.39 is 18.5 Å². The average molecular weight is 587 g/mol. The van der Waals surface area contributed by atoms with Crippen molar-refractivity contribution in [2.45, 2.75) is 54.6 Å². The van der Waals surface area contributed by atoms with Crippen LogP contribution < -0.4 is 4.74 Å². The van der Waals surface area contributed by atoms with Gasteiger partial charge in [-0.25, -0.2) is 0 Å². The Morgan fingerprint density at radius 2 is 1.14 bits per heavy atom. The van der Waals surface area contributed by atoms with Gasteiger partial charge in [-0.1, -0.05) is 91.0 Å². The second-order valence-corrected chi connectivity index (χ2v) is 11.3. The summed E-state index contributed by atoms with van der Waals surface area (Å²) in [6.07, 6.45) is -1.72. The maximum atomic E-state index is 6.74. The molecule has 0 aliphatic carbocycles. The van der Waals surface area contributed by atoms with Crippen LogP contribution in [0.1, 0.15) is 16.7 Å². The number of thioether (sulfide) groups is 1. The monoisotopic (exact) mass is 586 g/mol. The van der Waals surface area contributed by atoms with Gasteiger partial charge in [-0.15, -0.1) is 11.8 Å². The molecule has 0 saturated carbocycles. The zero-order valence-electron chi connectivity index (χ0n) is 24.0. The van der Waals surface area contributed by atoms with Crippen molar-refractivity contribution in [1.29, 1.82) is 0 Å². The zero-order valence-corrected chi connectivity index (χ0v) is 24.9. The van der Waals surface area contributed by atoms with E-state index in [0.717, 1.165) is 27.3 Å². The van der Waals surface area contributed by atoms with Gasteiger partial charge in [0.05, 0.1) is 38.8 Å². The van der Waals surface area contributed by atoms with Gasteiger partial charge in [0.1, 0.15) is 24.1 Å². The Labute approximate surface area is 252 Å². The van der Waals surface area contributed by atoms with E-state index in [1.165, 1.54) is 0 Å². The van der Waals surface area contributed by atoms with E-state index in [9.17, 15) is 0 Å². The van der Waals surface area contributed by atoms with Crippen LogP contribution in [0.25, 0.3) is 0 Å². The van der Waals surface area contributed by atoms with Gasteiger partial charge >= 0.3 is 0 Å². The summed E-state index contributed by atoms with van der Waals surface area (Å²) in [7, 11) is 3.34. The Morgan fingerprint density at radius 3 is 1.67 bits per heavy atom. The molecule has 0 unspecified atom stereocenters. The predicted molar refractivity (Wildman–Crippen MR) is 164 cm³/mol. The van der Waals surface area contributed by atoms with Gasteiger partial charge in [-0.2, -0.15) is 0 Å². The van der Waals surface area contributed by atoms with Gasteiger partial charge < -0.3 is 28.4 Å². The van der Waals surface area contributed by atoms with E-state index in [4.69, 9.17) is 28.4 Å². The van der Waals surface area contributed by atoms with Crippen molar-refractivity contribution in [2.24, 2.45) is 0 Å². The maximum absolute atomic E-state index is 6.74. The number of benzene rings is 4. The molecule has 5 atom stereocenters. The highest BCUT2D eigenvalue weighted by molar-refractivity contribution is 8.00. The first kappa shape index (κ1) is 30.3. The lowest BCUT2D eigenvalue weighted by atomic mass is 10.00. The van der Waals surface area contributed by atoms with Crippen LogP contribution in [0.3, 0.4) is 0 Å². The standard InChI is InChI=1S/C35H38O6S/c1-36-29-18-20-30(21-19-29)42-34-33(40-24-28-16-10-5-11-17-28)32(39-23-27-14-8-4-9-15-27)31(41-35(34)37-2)25-38-22-26-12-6-3-7-13-26/h3-21,31-35H,22-25H2,1-2H3/t31-,32-,33+,34+,35+/m1/s1. The van der Waals surface area contributed by atoms with Gasteiger partial charge in [0.25, 0.3) is 0 Å². The number of methoxy groups -OCH3 is 2. The van der Waals surface area contributed by atoms with Crippen molar-refractivity contribution in [3.05, 3.63) is 132 Å². The maximum Gasteiger partial charge on any atom is 0.172 e. The number of ether oxygens (including phenoxy) is 6. The zero-order chi connectivity index (χ0) is 29.0. The van der Waals surface area contributed by atoms with Crippen molar-refractivity contribution in [3.63, 3.8) is 0 Å². The van der Waals surface area contributed by atoms with Crippen LogP contribution in [-0.2, 0) is 43.5 Å². The lowest BCUT2D eigenvalue weighted by Crippen LogP contribution is -2.59. The molecule has 0 bridgehead atoms. The molecule has 4 aromatic carbocycles. The topological polar surface area (TPSA) is 55.4 Å². The summed E-state index contributed by atoms with van der Waals surface area (Å²) in [6, 6.07) is 38.5. The third kappa shape index (κ3) is 8.44. The molecule has 1 fully saturated rings. The van der Waals surface area contributed by atoms with Gasteiger partial charge in [-0.3, -0.25) is 0 Å². The molecule has 6 nitrogen and oxygen atoms in total. The van der Waals surface area contributed by atoms with Crippen LogP contribution in [-0.4, -0.2) is 50.7 Å². The minimum absolute atomic E-state index is 0.210. The summed E-state index contributed by atoms with van der Waals surface area (Å²) in [4.78, 5) is 1.06. The fraction of sp³-hybridized carbons (Fsp3) is 0.314. The molecule has 1 aliphatic rings. The summed E-state index contributed by atoms with van der Waals surface area (Å²) in [5, 5.41) is -0.210. The first-order chi connectivity index (χ1) is 20.7. The van der Waals surface area contributed by atoms with Gasteiger partial charge in [0.2, 0.25) is 0 Å². The molecule has 0 aromatic heterocycles. The third-order valence-corrected chi connectivity index (χ3v) is 8.43. The fourth-order valence-corrected chi connectivity index (χ4v) is 6.19. The largest absolute Gasteiger partial charge is 0.497 e. The molecular formula is C35H38O6S. The first-order valence-corrected chi connectivity index (χ1v) is 15.0. The van der Waals surface area contributed by atoms with Crippen molar-refractivity contribution >= 4 is 11.8 Å². The minimum Gasteiger partial charge on any atom is -0.497 e. The van der Waals surface area contributed by atoms with Crippen molar-refractivity contribution in [1.82, 2.24) is 0 Å². The highest BCUT2D eigenvalue weighted by atomic mass is 32.2. The van der Waals surface area contributed by atoms with Crippen molar-refractivity contribution in [3.8, 4) is 5.75 Å². The smallest absolute Gasteiger partial charge is 0.172 e. The Morgan fingerprint density at radius 1 is 0.619 bits per heavy atom. The third-order valence-electron chi connectivity index (χ3n) is 7.12. The highest BCUT2D eigenvalue weighted by Crippen LogP contribution is 2.39. The van der Waals surface area contributed by atoms with Crippen LogP contribution >= 0.6 is 11.8 Å². The molecule has 1 aliphatic heterocycles. The SMILES string of the molecule is COc1ccc(S[C@@H]2[C@@H](OC)O[C@H](COCc3ccccc3)[C@@H](OCc3ccccc3)[C@@H]2OCc2ccccc2)cc1. The molecule has 0 spiro atoms. The van der Waals surface area contributed by atoms with Gasteiger partial charge in [0.15, 0.2) is 6.29 Å². The highest BCUT2D eigenvalue weighted by Gasteiger charge is 2.48. The van der Waals surface area contributed by atoms with E-state index >= 15 is 0 Å². The Kier molecular flexibility index (Phi) is 11.5. The van der Waals surface area contributed by atoms with Crippen molar-refractivity contribution in [2.75, 3.05) is 20.8 Å². The Hall–Kier alpha value is -3.17. The summed E-state index contributed by atoms with van der Waals surface area (Å²) in [6.45, 7) is 1.67. The van der Waals surface area contributed by atoms with E-state index in [1.54, 1.807) is 26.0 Å². The Balaban J connectivity index is 1.41. The fourth-order valence-electron chi connectivity index (χ4n) is 4.93. The molecule has 5 rings (SSSR count). The Bertz CT molecular complexity index is 1310. The summed E-state index contributed by atoms with van der Waals surface area (Å²) >= 11 is 1.66. The quantitative estimate of drug-likeness (QED) is 0.159. The van der Waals surface area contributed by atoms with E-state index in [-0.39, 0.29) is 11.4 Å². The normalized spacial score (nSPS) is 22.1. The molecule has 4 aromatic rings. The van der Waals surface area contributed by atoms with E-state index in [1.807, 2.05) is 78.9 Å². The first-order valence-electron chi connectivity index (χ1n) is 14.1.